The summed E-state index contributed by atoms with van der Waals surface area (Å²) < 4.78 is 0. The van der Waals surface area contributed by atoms with Crippen LogP contribution in [0.3, 0.4) is 0 Å². The zero-order valence-corrected chi connectivity index (χ0v) is 18.7. The SMILES string of the molecule is CC(C)CC(NC(=O)c1ccc(Cl)cc1Cl)C(=O)N(C)CC(=O)NC(C)(C)C. The summed E-state index contributed by atoms with van der Waals surface area (Å²) in [6, 6.07) is 3.77. The maximum absolute atomic E-state index is 12.9. The first-order valence-electron chi connectivity index (χ1n) is 9.12. The van der Waals surface area contributed by atoms with Gasteiger partial charge >= 0.3 is 0 Å². The van der Waals surface area contributed by atoms with Crippen LogP contribution in [-0.2, 0) is 9.59 Å². The lowest BCUT2D eigenvalue weighted by Crippen LogP contribution is -2.52. The molecule has 0 fully saturated rings. The minimum atomic E-state index is -0.772. The third-order valence-electron chi connectivity index (χ3n) is 3.76. The van der Waals surface area contributed by atoms with Crippen LogP contribution in [0.4, 0.5) is 0 Å². The van der Waals surface area contributed by atoms with Crippen LogP contribution in [0.25, 0.3) is 0 Å². The summed E-state index contributed by atoms with van der Waals surface area (Å²) >= 11 is 12.0. The van der Waals surface area contributed by atoms with Crippen molar-refractivity contribution in [2.24, 2.45) is 5.92 Å². The smallest absolute Gasteiger partial charge is 0.253 e. The Labute approximate surface area is 176 Å². The number of carbonyl (C=O) groups excluding carboxylic acids is 3. The van der Waals surface area contributed by atoms with Crippen LogP contribution in [0, 0.1) is 5.92 Å². The van der Waals surface area contributed by atoms with Gasteiger partial charge in [-0.05, 0) is 51.3 Å². The highest BCUT2D eigenvalue weighted by Gasteiger charge is 2.27. The normalized spacial score (nSPS) is 12.5. The van der Waals surface area contributed by atoms with Crippen LogP contribution in [-0.4, -0.2) is 47.8 Å². The van der Waals surface area contributed by atoms with E-state index in [4.69, 9.17) is 23.2 Å². The lowest BCUT2D eigenvalue weighted by atomic mass is 10.0. The van der Waals surface area contributed by atoms with Crippen molar-refractivity contribution in [2.45, 2.75) is 52.6 Å². The zero-order valence-electron chi connectivity index (χ0n) is 17.2. The summed E-state index contributed by atoms with van der Waals surface area (Å²) in [6.45, 7) is 9.41. The third-order valence-corrected chi connectivity index (χ3v) is 4.31. The Hall–Kier alpha value is -1.79. The Morgan fingerprint density at radius 2 is 1.75 bits per heavy atom. The fourth-order valence-corrected chi connectivity index (χ4v) is 3.11. The van der Waals surface area contributed by atoms with Gasteiger partial charge in [-0.1, -0.05) is 37.0 Å². The Balaban J connectivity index is 2.89. The van der Waals surface area contributed by atoms with Crippen molar-refractivity contribution >= 4 is 40.9 Å². The fourth-order valence-electron chi connectivity index (χ4n) is 2.62. The van der Waals surface area contributed by atoms with Crippen molar-refractivity contribution in [1.29, 1.82) is 0 Å². The number of rotatable bonds is 7. The van der Waals surface area contributed by atoms with Gasteiger partial charge in [0.1, 0.15) is 6.04 Å². The Morgan fingerprint density at radius 1 is 1.14 bits per heavy atom. The zero-order chi connectivity index (χ0) is 21.6. The molecule has 1 aromatic carbocycles. The van der Waals surface area contributed by atoms with Gasteiger partial charge < -0.3 is 15.5 Å². The molecule has 2 N–H and O–H groups in total. The molecule has 0 aliphatic carbocycles. The molecule has 1 atom stereocenters. The predicted octanol–water partition coefficient (Wildman–Crippen LogP) is 3.51. The number of nitrogens with zero attached hydrogens (tertiary/aromatic N) is 1. The molecule has 0 heterocycles. The number of benzene rings is 1. The second-order valence-corrected chi connectivity index (χ2v) is 9.12. The van der Waals surface area contributed by atoms with E-state index >= 15 is 0 Å². The van der Waals surface area contributed by atoms with E-state index in [1.54, 1.807) is 13.1 Å². The summed E-state index contributed by atoms with van der Waals surface area (Å²) in [7, 11) is 1.54. The standard InChI is InChI=1S/C20H29Cl2N3O3/c1-12(2)9-16(19(28)25(6)11-17(26)24-20(3,4)5)23-18(27)14-8-7-13(21)10-15(14)22/h7-8,10,12,16H,9,11H2,1-6H3,(H,23,27)(H,24,26). The number of halogens is 2. The van der Waals surface area contributed by atoms with Crippen LogP contribution < -0.4 is 10.6 Å². The summed E-state index contributed by atoms with van der Waals surface area (Å²) in [5, 5.41) is 6.18. The molecule has 0 spiro atoms. The van der Waals surface area contributed by atoms with Crippen LogP contribution in [0.1, 0.15) is 51.4 Å². The molecule has 1 unspecified atom stereocenters. The van der Waals surface area contributed by atoms with Crippen molar-refractivity contribution in [1.82, 2.24) is 15.5 Å². The second kappa shape index (κ2) is 10.1. The molecule has 0 saturated carbocycles. The minimum Gasteiger partial charge on any atom is -0.350 e. The van der Waals surface area contributed by atoms with Crippen molar-refractivity contribution in [3.05, 3.63) is 33.8 Å². The number of hydrogen-bond donors (Lipinski definition) is 2. The van der Waals surface area contributed by atoms with Crippen molar-refractivity contribution in [2.75, 3.05) is 13.6 Å². The number of hydrogen-bond acceptors (Lipinski definition) is 3. The maximum atomic E-state index is 12.9. The molecule has 0 aliphatic heterocycles. The summed E-state index contributed by atoms with van der Waals surface area (Å²) in [5.74, 6) is -0.908. The average Bonchev–Trinajstić information content (AvgIpc) is 2.50. The van der Waals surface area contributed by atoms with Crippen molar-refractivity contribution in [3.63, 3.8) is 0 Å². The number of likely N-dealkylation sites (N-methyl/N-ethyl adjacent to an activating group) is 1. The molecule has 6 nitrogen and oxygen atoms in total. The summed E-state index contributed by atoms with van der Waals surface area (Å²) in [4.78, 5) is 38.9. The van der Waals surface area contributed by atoms with Gasteiger partial charge in [-0.25, -0.2) is 0 Å². The summed E-state index contributed by atoms with van der Waals surface area (Å²) in [6.07, 6.45) is 0.432. The number of nitrogens with one attached hydrogen (secondary N) is 2. The topological polar surface area (TPSA) is 78.5 Å². The first kappa shape index (κ1) is 24.2. The second-order valence-electron chi connectivity index (χ2n) is 8.27. The van der Waals surface area contributed by atoms with Gasteiger partial charge in [0, 0.05) is 17.6 Å². The monoisotopic (exact) mass is 429 g/mol. The van der Waals surface area contributed by atoms with Crippen molar-refractivity contribution < 1.29 is 14.4 Å². The van der Waals surface area contributed by atoms with E-state index in [9.17, 15) is 14.4 Å². The Morgan fingerprint density at radius 3 is 2.25 bits per heavy atom. The molecule has 1 aromatic rings. The molecule has 1 rings (SSSR count). The van der Waals surface area contributed by atoms with Crippen LogP contribution in [0.2, 0.25) is 10.0 Å². The van der Waals surface area contributed by atoms with Crippen LogP contribution in [0.5, 0.6) is 0 Å². The van der Waals surface area contributed by atoms with E-state index in [-0.39, 0.29) is 34.9 Å². The van der Waals surface area contributed by atoms with Gasteiger partial charge in [0.05, 0.1) is 17.1 Å². The molecule has 0 radical (unpaired) electrons. The Kier molecular flexibility index (Phi) is 8.76. The van der Waals surface area contributed by atoms with E-state index < -0.39 is 17.5 Å². The van der Waals surface area contributed by atoms with E-state index in [2.05, 4.69) is 10.6 Å². The number of amides is 3. The maximum Gasteiger partial charge on any atom is 0.253 e. The first-order chi connectivity index (χ1) is 12.8. The molecule has 28 heavy (non-hydrogen) atoms. The van der Waals surface area contributed by atoms with Gasteiger partial charge in [0.2, 0.25) is 11.8 Å². The van der Waals surface area contributed by atoms with Gasteiger partial charge in [0.15, 0.2) is 0 Å². The molecule has 156 valence electrons. The molecule has 8 heteroatoms. The van der Waals surface area contributed by atoms with E-state index in [0.29, 0.717) is 11.4 Å². The summed E-state index contributed by atoms with van der Waals surface area (Å²) in [5.41, 5.74) is -0.154. The predicted molar refractivity (Wildman–Crippen MR) is 113 cm³/mol. The van der Waals surface area contributed by atoms with Gasteiger partial charge in [-0.15, -0.1) is 0 Å². The lowest BCUT2D eigenvalue weighted by molar-refractivity contribution is -0.137. The quantitative estimate of drug-likeness (QED) is 0.695. The molecule has 3 amide bonds. The molecule has 0 bridgehead atoms. The van der Waals surface area contributed by atoms with Crippen LogP contribution in [0.15, 0.2) is 18.2 Å². The highest BCUT2D eigenvalue weighted by atomic mass is 35.5. The minimum absolute atomic E-state index is 0.0950. The van der Waals surface area contributed by atoms with Gasteiger partial charge in [-0.3, -0.25) is 14.4 Å². The van der Waals surface area contributed by atoms with Crippen LogP contribution >= 0.6 is 23.2 Å². The molecule has 0 saturated heterocycles. The third kappa shape index (κ3) is 8.07. The van der Waals surface area contributed by atoms with E-state index in [1.165, 1.54) is 17.0 Å². The molecular formula is C20H29Cl2N3O3. The Bertz CT molecular complexity index is 730. The van der Waals surface area contributed by atoms with Gasteiger partial charge in [0.25, 0.3) is 5.91 Å². The first-order valence-corrected chi connectivity index (χ1v) is 9.87. The molecular weight excluding hydrogens is 401 g/mol. The largest absolute Gasteiger partial charge is 0.350 e. The van der Waals surface area contributed by atoms with Crippen molar-refractivity contribution in [3.8, 4) is 0 Å². The molecule has 0 aliphatic rings. The number of carbonyl (C=O) groups is 3. The highest BCUT2D eigenvalue weighted by Crippen LogP contribution is 2.21. The average molecular weight is 430 g/mol. The van der Waals surface area contributed by atoms with E-state index in [1.807, 2.05) is 34.6 Å². The fraction of sp³-hybridized carbons (Fsp3) is 0.550. The molecule has 0 aromatic heterocycles. The highest BCUT2D eigenvalue weighted by molar-refractivity contribution is 6.36. The lowest BCUT2D eigenvalue weighted by Gasteiger charge is -2.27. The van der Waals surface area contributed by atoms with E-state index in [0.717, 1.165) is 0 Å². The van der Waals surface area contributed by atoms with Gasteiger partial charge in [-0.2, -0.15) is 0 Å².